The molecule has 1 unspecified atom stereocenters. The summed E-state index contributed by atoms with van der Waals surface area (Å²) in [6, 6.07) is 0.267. The van der Waals surface area contributed by atoms with Crippen LogP contribution in [0.25, 0.3) is 0 Å². The first-order chi connectivity index (χ1) is 12.9. The van der Waals surface area contributed by atoms with Crippen molar-refractivity contribution in [1.82, 2.24) is 15.1 Å². The van der Waals surface area contributed by atoms with Crippen LogP contribution in [0.2, 0.25) is 0 Å². The largest absolute Gasteiger partial charge is 0.385 e. The maximum Gasteiger partial charge on any atom is 0.251 e. The molecule has 27 heavy (non-hydrogen) atoms. The van der Waals surface area contributed by atoms with E-state index in [1.807, 2.05) is 20.8 Å². The molecule has 7 nitrogen and oxygen atoms in total. The molecule has 1 fully saturated rings. The summed E-state index contributed by atoms with van der Waals surface area (Å²) < 4.78 is 5.10. The Kier molecular flexibility index (Phi) is 7.83. The van der Waals surface area contributed by atoms with Crippen molar-refractivity contribution >= 4 is 17.7 Å². The molecular formula is C20H33N3O4. The molecule has 0 aromatic rings. The van der Waals surface area contributed by atoms with E-state index in [-0.39, 0.29) is 30.2 Å². The van der Waals surface area contributed by atoms with E-state index in [2.05, 4.69) is 5.32 Å². The minimum absolute atomic E-state index is 0.0330. The number of hydrogen-bond acceptors (Lipinski definition) is 4. The molecule has 3 amide bonds. The summed E-state index contributed by atoms with van der Waals surface area (Å²) in [6.07, 6.45) is 3.18. The van der Waals surface area contributed by atoms with Crippen LogP contribution in [0.3, 0.4) is 0 Å². The molecule has 0 bridgehead atoms. The van der Waals surface area contributed by atoms with Crippen molar-refractivity contribution in [3.8, 4) is 0 Å². The summed E-state index contributed by atoms with van der Waals surface area (Å²) in [5, 5.41) is 2.95. The fourth-order valence-corrected chi connectivity index (χ4v) is 3.52. The highest BCUT2D eigenvalue weighted by Gasteiger charge is 2.37. The van der Waals surface area contributed by atoms with Crippen LogP contribution in [0.1, 0.15) is 52.9 Å². The van der Waals surface area contributed by atoms with Gasteiger partial charge in [-0.1, -0.05) is 0 Å². The summed E-state index contributed by atoms with van der Waals surface area (Å²) in [6.45, 7) is 8.01. The highest BCUT2D eigenvalue weighted by molar-refractivity contribution is 5.98. The number of methoxy groups -OCH3 is 1. The molecule has 1 saturated carbocycles. The van der Waals surface area contributed by atoms with E-state index in [0.29, 0.717) is 50.4 Å². The second kappa shape index (κ2) is 9.88. The maximum absolute atomic E-state index is 13.0. The third-order valence-electron chi connectivity index (χ3n) is 5.32. The molecule has 0 radical (unpaired) electrons. The Morgan fingerprint density at radius 3 is 2.48 bits per heavy atom. The predicted octanol–water partition coefficient (Wildman–Crippen LogP) is 1.68. The zero-order valence-electron chi connectivity index (χ0n) is 17.0. The van der Waals surface area contributed by atoms with Crippen LogP contribution in [-0.4, -0.2) is 66.9 Å². The lowest BCUT2D eigenvalue weighted by molar-refractivity contribution is -0.138. The SMILES string of the molecule is CCN(CC)C(=O)C1=C(C)N(CCCOC)C(=O)C(CC(=O)NC2CC2)C1. The third-order valence-corrected chi connectivity index (χ3v) is 5.32. The van der Waals surface area contributed by atoms with E-state index in [1.165, 1.54) is 0 Å². The quantitative estimate of drug-likeness (QED) is 0.586. The van der Waals surface area contributed by atoms with Crippen LogP contribution in [-0.2, 0) is 19.1 Å². The Morgan fingerprint density at radius 1 is 1.26 bits per heavy atom. The molecule has 7 heteroatoms. The van der Waals surface area contributed by atoms with Crippen LogP contribution in [0.5, 0.6) is 0 Å². The lowest BCUT2D eigenvalue weighted by Crippen LogP contribution is -2.45. The molecule has 2 rings (SSSR count). The second-order valence-electron chi connectivity index (χ2n) is 7.32. The van der Waals surface area contributed by atoms with Crippen LogP contribution in [0, 0.1) is 5.92 Å². The van der Waals surface area contributed by atoms with Crippen LogP contribution in [0.4, 0.5) is 0 Å². The van der Waals surface area contributed by atoms with Gasteiger partial charge in [-0.3, -0.25) is 14.4 Å². The number of rotatable bonds is 10. The predicted molar refractivity (Wildman–Crippen MR) is 103 cm³/mol. The van der Waals surface area contributed by atoms with Gasteiger partial charge in [-0.05, 0) is 46.5 Å². The van der Waals surface area contributed by atoms with Gasteiger partial charge in [0.15, 0.2) is 0 Å². The average molecular weight is 380 g/mol. The number of ether oxygens (including phenoxy) is 1. The Bertz CT molecular complexity index is 594. The fraction of sp³-hybridized carbons (Fsp3) is 0.750. The second-order valence-corrected chi connectivity index (χ2v) is 7.32. The molecule has 0 aromatic carbocycles. The van der Waals surface area contributed by atoms with Gasteiger partial charge in [-0.15, -0.1) is 0 Å². The highest BCUT2D eigenvalue weighted by Crippen LogP contribution is 2.31. The Balaban J connectivity index is 2.20. The number of amides is 3. The standard InChI is InChI=1S/C20H33N3O4/c1-5-22(6-2)20(26)17-12-15(13-18(24)21-16-8-9-16)19(25)23(14(17)3)10-7-11-27-4/h15-16H,5-13H2,1-4H3,(H,21,24). The summed E-state index contributed by atoms with van der Waals surface area (Å²) in [5.41, 5.74) is 1.37. The summed E-state index contributed by atoms with van der Waals surface area (Å²) in [7, 11) is 1.63. The fourth-order valence-electron chi connectivity index (χ4n) is 3.52. The van der Waals surface area contributed by atoms with Crippen molar-refractivity contribution < 1.29 is 19.1 Å². The molecule has 0 saturated heterocycles. The number of allylic oxidation sites excluding steroid dienone is 1. The maximum atomic E-state index is 13.0. The Labute approximate surface area is 162 Å². The molecule has 0 aromatic heterocycles. The van der Waals surface area contributed by atoms with Crippen LogP contribution < -0.4 is 5.32 Å². The zero-order valence-corrected chi connectivity index (χ0v) is 17.0. The lowest BCUT2D eigenvalue weighted by Gasteiger charge is -2.36. The number of carbonyl (C=O) groups is 3. The van der Waals surface area contributed by atoms with Gasteiger partial charge in [-0.2, -0.15) is 0 Å². The Morgan fingerprint density at radius 2 is 1.93 bits per heavy atom. The van der Waals surface area contributed by atoms with E-state index in [9.17, 15) is 14.4 Å². The lowest BCUT2D eigenvalue weighted by atomic mass is 9.88. The minimum atomic E-state index is -0.482. The molecule has 0 spiro atoms. The van der Waals surface area contributed by atoms with Crippen molar-refractivity contribution in [1.29, 1.82) is 0 Å². The first-order valence-corrected chi connectivity index (χ1v) is 10.0. The van der Waals surface area contributed by atoms with Gasteiger partial charge >= 0.3 is 0 Å². The van der Waals surface area contributed by atoms with E-state index in [1.54, 1.807) is 16.9 Å². The molecule has 1 N–H and O–H groups in total. The van der Waals surface area contributed by atoms with Gasteiger partial charge in [0.25, 0.3) is 5.91 Å². The molecule has 1 heterocycles. The monoisotopic (exact) mass is 379 g/mol. The summed E-state index contributed by atoms with van der Waals surface area (Å²) >= 11 is 0. The van der Waals surface area contributed by atoms with E-state index < -0.39 is 5.92 Å². The zero-order chi connectivity index (χ0) is 20.0. The number of carbonyl (C=O) groups excluding carboxylic acids is 3. The van der Waals surface area contributed by atoms with Crippen molar-refractivity contribution in [3.63, 3.8) is 0 Å². The minimum Gasteiger partial charge on any atom is -0.385 e. The van der Waals surface area contributed by atoms with E-state index >= 15 is 0 Å². The highest BCUT2D eigenvalue weighted by atomic mass is 16.5. The number of nitrogens with zero attached hydrogens (tertiary/aromatic N) is 2. The molecule has 1 atom stereocenters. The third kappa shape index (κ3) is 5.54. The van der Waals surface area contributed by atoms with Crippen molar-refractivity contribution in [3.05, 3.63) is 11.3 Å². The smallest absolute Gasteiger partial charge is 0.251 e. The van der Waals surface area contributed by atoms with Crippen molar-refractivity contribution in [2.24, 2.45) is 5.92 Å². The molecule has 1 aliphatic heterocycles. The van der Waals surface area contributed by atoms with Gasteiger partial charge in [0.2, 0.25) is 11.8 Å². The van der Waals surface area contributed by atoms with Gasteiger partial charge < -0.3 is 19.9 Å². The molecule has 2 aliphatic rings. The molecule has 1 aliphatic carbocycles. The Hall–Kier alpha value is -1.89. The van der Waals surface area contributed by atoms with Gasteiger partial charge in [0.1, 0.15) is 0 Å². The van der Waals surface area contributed by atoms with E-state index in [0.717, 1.165) is 12.8 Å². The number of hydrogen-bond donors (Lipinski definition) is 1. The summed E-state index contributed by atoms with van der Waals surface area (Å²) in [5.74, 6) is -0.675. The van der Waals surface area contributed by atoms with Gasteiger partial charge in [0, 0.05) is 57.1 Å². The number of nitrogens with one attached hydrogen (secondary N) is 1. The van der Waals surface area contributed by atoms with Gasteiger partial charge in [0.05, 0.1) is 5.92 Å². The molecular weight excluding hydrogens is 346 g/mol. The number of likely N-dealkylation sites (N-methyl/N-ethyl adjacent to an activating group) is 1. The summed E-state index contributed by atoms with van der Waals surface area (Å²) in [4.78, 5) is 41.7. The average Bonchev–Trinajstić information content (AvgIpc) is 3.45. The van der Waals surface area contributed by atoms with Crippen molar-refractivity contribution in [2.75, 3.05) is 33.4 Å². The van der Waals surface area contributed by atoms with Gasteiger partial charge in [-0.25, -0.2) is 0 Å². The first kappa shape index (κ1) is 21.4. The normalized spacial score (nSPS) is 20.1. The van der Waals surface area contributed by atoms with Crippen molar-refractivity contribution in [2.45, 2.75) is 58.9 Å². The topological polar surface area (TPSA) is 79.0 Å². The van der Waals surface area contributed by atoms with E-state index in [4.69, 9.17) is 4.74 Å². The van der Waals surface area contributed by atoms with Crippen LogP contribution >= 0.6 is 0 Å². The van der Waals surface area contributed by atoms with Crippen LogP contribution in [0.15, 0.2) is 11.3 Å². The first-order valence-electron chi connectivity index (χ1n) is 10.0. The molecule has 152 valence electrons.